The highest BCUT2D eigenvalue weighted by molar-refractivity contribution is 5.10. The van der Waals surface area contributed by atoms with Gasteiger partial charge in [0.2, 0.25) is 1.43 Å². The third kappa shape index (κ3) is 0.767. The van der Waals surface area contributed by atoms with E-state index in [1.165, 1.54) is 0 Å². The fourth-order valence-corrected chi connectivity index (χ4v) is 2.44. The van der Waals surface area contributed by atoms with Gasteiger partial charge in [0.05, 0.1) is 12.2 Å². The number of hydrogen-bond donors (Lipinski definition) is 1. The molecule has 3 heteroatoms. The van der Waals surface area contributed by atoms with Crippen LogP contribution in [0.5, 0.6) is 0 Å². The highest BCUT2D eigenvalue weighted by atomic mass is 16.6. The van der Waals surface area contributed by atoms with Crippen molar-refractivity contribution < 1.29 is 14.6 Å². The second-order valence-electron chi connectivity index (χ2n) is 3.80. The van der Waals surface area contributed by atoms with Gasteiger partial charge in [0.15, 0.2) is 0 Å². The lowest BCUT2D eigenvalue weighted by Gasteiger charge is -2.33. The quantitative estimate of drug-likeness (QED) is 0.669. The van der Waals surface area contributed by atoms with E-state index in [2.05, 4.69) is 0 Å². The van der Waals surface area contributed by atoms with Gasteiger partial charge in [-0.3, -0.25) is 0 Å². The van der Waals surface area contributed by atoms with Crippen molar-refractivity contribution in [3.63, 3.8) is 0 Å². The van der Waals surface area contributed by atoms with Crippen molar-refractivity contribution in [2.24, 2.45) is 0 Å². The van der Waals surface area contributed by atoms with Crippen molar-refractivity contribution in [2.45, 2.75) is 57.2 Å². The Labute approximate surface area is 74.2 Å². The predicted octanol–water partition coefficient (Wildman–Crippen LogP) is 0.702. The second-order valence-corrected chi connectivity index (χ2v) is 3.80. The fourth-order valence-electron chi connectivity index (χ4n) is 2.44. The molecule has 1 unspecified atom stereocenters. The monoisotopic (exact) mass is 174 g/mol. The van der Waals surface area contributed by atoms with Gasteiger partial charge >= 0.3 is 0 Å². The largest absolute Gasteiger partial charge is 0.387 e. The van der Waals surface area contributed by atoms with Crippen LogP contribution in [-0.2, 0) is 9.47 Å². The molecular weight excluding hydrogens is 156 g/mol. The molecule has 2 bridgehead atoms. The van der Waals surface area contributed by atoms with Crippen molar-refractivity contribution in [1.82, 2.24) is 0 Å². The Morgan fingerprint density at radius 1 is 1.58 bits per heavy atom. The van der Waals surface area contributed by atoms with Crippen LogP contribution in [0.15, 0.2) is 0 Å². The van der Waals surface area contributed by atoms with Gasteiger partial charge in [-0.25, -0.2) is 0 Å². The van der Waals surface area contributed by atoms with Crippen molar-refractivity contribution >= 4 is 0 Å². The average Bonchev–Trinajstić information content (AvgIpc) is 2.54. The Balaban J connectivity index is 2.29. The molecule has 3 nitrogen and oxygen atoms in total. The minimum absolute atomic E-state index is 0.0362. The molecule has 0 aromatic heterocycles. The zero-order chi connectivity index (χ0) is 9.64. The minimum atomic E-state index is -0.383. The van der Waals surface area contributed by atoms with E-state index in [-0.39, 0.29) is 30.0 Å². The first-order valence-electron chi connectivity index (χ1n) is 5.01. The highest BCUT2D eigenvalue weighted by Gasteiger charge is 2.62. The number of rotatable bonds is 2. The van der Waals surface area contributed by atoms with E-state index in [9.17, 15) is 0 Å². The molecule has 1 N–H and O–H groups in total. The molecule has 0 saturated carbocycles. The van der Waals surface area contributed by atoms with Crippen LogP contribution in [0.2, 0.25) is 0 Å². The Morgan fingerprint density at radius 2 is 2.33 bits per heavy atom. The summed E-state index contributed by atoms with van der Waals surface area (Å²) in [6.07, 6.45) is 0.633. The summed E-state index contributed by atoms with van der Waals surface area (Å²) in [5.74, 6) is 0. The van der Waals surface area contributed by atoms with Gasteiger partial charge in [-0.2, -0.15) is 0 Å². The van der Waals surface area contributed by atoms with E-state index in [4.69, 9.17) is 16.0 Å². The van der Waals surface area contributed by atoms with Crippen molar-refractivity contribution in [3.8, 4) is 0 Å². The lowest BCUT2D eigenvalue weighted by Crippen LogP contribution is -2.45. The van der Waals surface area contributed by atoms with Gasteiger partial charge in [-0.05, 0) is 20.3 Å². The van der Waals surface area contributed by atoms with Crippen LogP contribution in [-0.4, -0.2) is 36.6 Å². The minimum Gasteiger partial charge on any atom is -0.387 e. The Morgan fingerprint density at radius 3 is 2.83 bits per heavy atom. The SMILES string of the molecule is [3H]O[C@H]1[C@H]2OC(C)[C@]1(CC)O[C@H]2C. The summed E-state index contributed by atoms with van der Waals surface area (Å²) in [5.41, 5.74) is -0.383. The number of hydrogen-bond acceptors (Lipinski definition) is 3. The fraction of sp³-hybridized carbons (Fsp3) is 1.00. The van der Waals surface area contributed by atoms with E-state index in [0.717, 1.165) is 6.42 Å². The van der Waals surface area contributed by atoms with Gasteiger partial charge < -0.3 is 14.6 Å². The van der Waals surface area contributed by atoms with Crippen LogP contribution in [0, 0.1) is 0 Å². The third-order valence-electron chi connectivity index (χ3n) is 3.25. The molecule has 2 rings (SSSR count). The number of aliphatic hydroxyl groups excluding tert-OH is 1. The van der Waals surface area contributed by atoms with Gasteiger partial charge in [0.25, 0.3) is 0 Å². The normalized spacial score (nSPS) is 59.1. The molecule has 2 aliphatic heterocycles. The Kier molecular flexibility index (Phi) is 1.48. The van der Waals surface area contributed by atoms with Gasteiger partial charge in [-0.1, -0.05) is 6.92 Å². The van der Waals surface area contributed by atoms with Gasteiger partial charge in [0, 0.05) is 0 Å². The molecule has 0 radical (unpaired) electrons. The summed E-state index contributed by atoms with van der Waals surface area (Å²) in [4.78, 5) is 0. The van der Waals surface area contributed by atoms with Crippen LogP contribution in [0.3, 0.4) is 0 Å². The maximum Gasteiger partial charge on any atom is 0.211 e. The van der Waals surface area contributed by atoms with Crippen molar-refractivity contribution in [2.75, 3.05) is 0 Å². The lowest BCUT2D eigenvalue weighted by atomic mass is 9.91. The molecule has 0 aliphatic carbocycles. The molecule has 0 spiro atoms. The maximum absolute atomic E-state index is 7.05. The third-order valence-corrected chi connectivity index (χ3v) is 3.25. The molecule has 70 valence electrons. The Bertz CT molecular complexity index is 211. The first kappa shape index (κ1) is 7.30. The zero-order valence-electron chi connectivity index (χ0n) is 8.74. The van der Waals surface area contributed by atoms with Crippen LogP contribution >= 0.6 is 0 Å². The zero-order valence-corrected chi connectivity index (χ0v) is 7.74. The molecule has 2 heterocycles. The predicted molar refractivity (Wildman–Crippen MR) is 43.9 cm³/mol. The lowest BCUT2D eigenvalue weighted by molar-refractivity contribution is -0.176. The molecule has 0 aromatic carbocycles. The van der Waals surface area contributed by atoms with Crippen molar-refractivity contribution in [3.05, 3.63) is 0 Å². The van der Waals surface area contributed by atoms with E-state index in [1.54, 1.807) is 0 Å². The molecule has 12 heavy (non-hydrogen) atoms. The molecule has 0 aromatic rings. The maximum atomic E-state index is 7.05. The molecule has 2 saturated heterocycles. The van der Waals surface area contributed by atoms with Crippen LogP contribution < -0.4 is 0 Å². The Hall–Kier alpha value is -0.120. The van der Waals surface area contributed by atoms with E-state index in [1.807, 2.05) is 20.8 Å². The average molecular weight is 174 g/mol. The van der Waals surface area contributed by atoms with Crippen LogP contribution in [0.1, 0.15) is 27.2 Å². The van der Waals surface area contributed by atoms with Crippen LogP contribution in [0.4, 0.5) is 0 Å². The van der Waals surface area contributed by atoms with Gasteiger partial charge in [0.1, 0.15) is 17.8 Å². The number of aliphatic hydroxyl groups is 1. The molecule has 2 aliphatic rings. The topological polar surface area (TPSA) is 38.7 Å². The summed E-state index contributed by atoms with van der Waals surface area (Å²) in [5, 5.41) is 4.73. The molecular formula is C9H16O3. The number of ether oxygens (including phenoxy) is 2. The molecule has 0 amide bonds. The summed E-state index contributed by atoms with van der Waals surface area (Å²) in [6, 6.07) is 0. The summed E-state index contributed by atoms with van der Waals surface area (Å²) < 4.78 is 18.6. The van der Waals surface area contributed by atoms with Crippen molar-refractivity contribution in [1.29, 1.82) is 1.43 Å². The standard InChI is InChI=1S/C9H16O3/c1-4-9-6(3)11-7(8(9)10)5(2)12-9/h5-8,10H,4H2,1-3H3/t5-,6?,7-,8-,9-/m0/s1/i10T. The summed E-state index contributed by atoms with van der Waals surface area (Å²) in [6.45, 7) is 6.01. The molecule has 2 fully saturated rings. The smallest absolute Gasteiger partial charge is 0.211 e. The number of fused-ring (bicyclic) bond motifs is 2. The summed E-state index contributed by atoms with van der Waals surface area (Å²) in [7, 11) is 0. The first-order chi connectivity index (χ1) is 6.15. The van der Waals surface area contributed by atoms with E-state index >= 15 is 0 Å². The van der Waals surface area contributed by atoms with Gasteiger partial charge in [-0.15, -0.1) is 0 Å². The first-order valence-corrected chi connectivity index (χ1v) is 4.61. The summed E-state index contributed by atoms with van der Waals surface area (Å²) >= 11 is 0. The highest BCUT2D eigenvalue weighted by Crippen LogP contribution is 2.45. The van der Waals surface area contributed by atoms with E-state index in [0.29, 0.717) is 0 Å². The second kappa shape index (κ2) is 2.44. The van der Waals surface area contributed by atoms with Crippen LogP contribution in [0.25, 0.3) is 0 Å². The molecule has 5 atom stereocenters. The van der Waals surface area contributed by atoms with E-state index < -0.39 is 0 Å².